The van der Waals surface area contributed by atoms with Crippen LogP contribution in [0.5, 0.6) is 11.5 Å². The van der Waals surface area contributed by atoms with Gasteiger partial charge in [0, 0.05) is 11.8 Å². The van der Waals surface area contributed by atoms with E-state index >= 15 is 0 Å². The maximum Gasteiger partial charge on any atom is 0.257 e. The second-order valence-corrected chi connectivity index (χ2v) is 6.30. The third-order valence-corrected chi connectivity index (χ3v) is 4.30. The molecule has 0 aromatic heterocycles. The monoisotopic (exact) mass is 402 g/mol. The van der Waals surface area contributed by atoms with Crippen LogP contribution in [-0.2, 0) is 4.79 Å². The number of nitrogens with one attached hydrogen (secondary N) is 2. The molecule has 0 aliphatic heterocycles. The first kappa shape index (κ1) is 20.7. The molecule has 30 heavy (non-hydrogen) atoms. The number of benzene rings is 3. The maximum absolute atomic E-state index is 12.6. The Morgan fingerprint density at radius 3 is 2.23 bits per heavy atom. The topological polar surface area (TPSA) is 76.7 Å². The molecule has 0 fully saturated rings. The van der Waals surface area contributed by atoms with Crippen LogP contribution in [0.15, 0.2) is 78.9 Å². The molecule has 0 saturated heterocycles. The lowest BCUT2D eigenvalue weighted by Crippen LogP contribution is -2.16. The fourth-order valence-electron chi connectivity index (χ4n) is 2.81. The summed E-state index contributed by atoms with van der Waals surface area (Å²) in [5, 5.41) is 5.58. The molecule has 6 heteroatoms. The molecule has 0 radical (unpaired) electrons. The zero-order valence-electron chi connectivity index (χ0n) is 16.7. The lowest BCUT2D eigenvalue weighted by Gasteiger charge is -2.10. The van der Waals surface area contributed by atoms with Gasteiger partial charge in [0.25, 0.3) is 5.91 Å². The van der Waals surface area contributed by atoms with E-state index in [1.54, 1.807) is 68.8 Å². The Labute approximate surface area is 175 Å². The van der Waals surface area contributed by atoms with Crippen molar-refractivity contribution in [2.24, 2.45) is 0 Å². The van der Waals surface area contributed by atoms with Gasteiger partial charge in [0.1, 0.15) is 0 Å². The predicted octanol–water partition coefficient (Wildman–Crippen LogP) is 4.61. The van der Waals surface area contributed by atoms with E-state index in [0.29, 0.717) is 28.4 Å². The van der Waals surface area contributed by atoms with Crippen LogP contribution in [0.3, 0.4) is 0 Å². The quantitative estimate of drug-likeness (QED) is 0.566. The Bertz CT molecular complexity index is 1060. The molecule has 0 spiro atoms. The molecular weight excluding hydrogens is 380 g/mol. The van der Waals surface area contributed by atoms with E-state index in [4.69, 9.17) is 9.47 Å². The van der Waals surface area contributed by atoms with Gasteiger partial charge in [0.05, 0.1) is 25.5 Å². The minimum Gasteiger partial charge on any atom is -0.493 e. The van der Waals surface area contributed by atoms with E-state index in [1.165, 1.54) is 6.08 Å². The summed E-state index contributed by atoms with van der Waals surface area (Å²) in [5.74, 6) is 0.520. The standard InChI is InChI=1S/C24H22N2O4/c1-29-21-14-12-17(16-22(21)30-2)13-15-23(27)26-20-11-7-6-10-19(20)24(28)25-18-8-4-3-5-9-18/h3-16H,1-2H3,(H,25,28)(H,26,27). The summed E-state index contributed by atoms with van der Waals surface area (Å²) >= 11 is 0. The van der Waals surface area contributed by atoms with Crippen LogP contribution in [-0.4, -0.2) is 26.0 Å². The van der Waals surface area contributed by atoms with Gasteiger partial charge >= 0.3 is 0 Å². The Kier molecular flexibility index (Phi) is 6.84. The molecule has 0 bridgehead atoms. The van der Waals surface area contributed by atoms with Crippen LogP contribution in [0.1, 0.15) is 15.9 Å². The van der Waals surface area contributed by atoms with Gasteiger partial charge in [0.15, 0.2) is 11.5 Å². The van der Waals surface area contributed by atoms with Crippen molar-refractivity contribution in [1.29, 1.82) is 0 Å². The van der Waals surface area contributed by atoms with Crippen molar-refractivity contribution in [2.45, 2.75) is 0 Å². The normalized spacial score (nSPS) is 10.5. The number of methoxy groups -OCH3 is 2. The summed E-state index contributed by atoms with van der Waals surface area (Å²) in [6.45, 7) is 0. The first-order chi connectivity index (χ1) is 14.6. The Balaban J connectivity index is 1.71. The number of anilines is 2. The molecule has 0 saturated carbocycles. The summed E-state index contributed by atoms with van der Waals surface area (Å²) < 4.78 is 10.5. The molecule has 6 nitrogen and oxygen atoms in total. The summed E-state index contributed by atoms with van der Waals surface area (Å²) in [5.41, 5.74) is 2.25. The van der Waals surface area contributed by atoms with Gasteiger partial charge in [-0.05, 0) is 48.0 Å². The van der Waals surface area contributed by atoms with E-state index in [1.807, 2.05) is 24.3 Å². The fourth-order valence-corrected chi connectivity index (χ4v) is 2.81. The summed E-state index contributed by atoms with van der Waals surface area (Å²) in [6, 6.07) is 21.3. The summed E-state index contributed by atoms with van der Waals surface area (Å²) in [6.07, 6.45) is 3.05. The van der Waals surface area contributed by atoms with Crippen molar-refractivity contribution in [1.82, 2.24) is 0 Å². The number of carbonyl (C=O) groups excluding carboxylic acids is 2. The number of para-hydroxylation sites is 2. The molecule has 0 unspecified atom stereocenters. The van der Waals surface area contributed by atoms with E-state index < -0.39 is 0 Å². The lowest BCUT2D eigenvalue weighted by atomic mass is 10.1. The van der Waals surface area contributed by atoms with E-state index in [2.05, 4.69) is 10.6 Å². The first-order valence-electron chi connectivity index (χ1n) is 9.27. The van der Waals surface area contributed by atoms with E-state index in [-0.39, 0.29) is 11.8 Å². The number of rotatable bonds is 7. The van der Waals surface area contributed by atoms with Gasteiger partial charge < -0.3 is 20.1 Å². The fraction of sp³-hybridized carbons (Fsp3) is 0.0833. The molecule has 0 atom stereocenters. The van der Waals surface area contributed by atoms with Gasteiger partial charge in [-0.3, -0.25) is 9.59 Å². The smallest absolute Gasteiger partial charge is 0.257 e. The number of hydrogen-bond donors (Lipinski definition) is 2. The number of amides is 2. The second-order valence-electron chi connectivity index (χ2n) is 6.30. The highest BCUT2D eigenvalue weighted by molar-refractivity contribution is 6.11. The molecule has 152 valence electrons. The molecule has 0 aliphatic rings. The highest BCUT2D eigenvalue weighted by Crippen LogP contribution is 2.28. The number of hydrogen-bond acceptors (Lipinski definition) is 4. The van der Waals surface area contributed by atoms with E-state index in [0.717, 1.165) is 5.56 Å². The van der Waals surface area contributed by atoms with Crippen LogP contribution >= 0.6 is 0 Å². The van der Waals surface area contributed by atoms with Crippen LogP contribution in [0.4, 0.5) is 11.4 Å². The van der Waals surface area contributed by atoms with Gasteiger partial charge in [-0.2, -0.15) is 0 Å². The SMILES string of the molecule is COc1ccc(C=CC(=O)Nc2ccccc2C(=O)Nc2ccccc2)cc1OC. The summed E-state index contributed by atoms with van der Waals surface area (Å²) in [4.78, 5) is 25.0. The van der Waals surface area contributed by atoms with Crippen molar-refractivity contribution < 1.29 is 19.1 Å². The van der Waals surface area contributed by atoms with Crippen LogP contribution in [0, 0.1) is 0 Å². The molecule has 2 N–H and O–H groups in total. The molecule has 2 amide bonds. The molecule has 0 heterocycles. The molecule has 3 rings (SSSR count). The first-order valence-corrected chi connectivity index (χ1v) is 9.27. The summed E-state index contributed by atoms with van der Waals surface area (Å²) in [7, 11) is 3.11. The lowest BCUT2D eigenvalue weighted by molar-refractivity contribution is -0.111. The zero-order valence-corrected chi connectivity index (χ0v) is 16.7. The average molecular weight is 402 g/mol. The van der Waals surface area contributed by atoms with Crippen LogP contribution in [0.2, 0.25) is 0 Å². The van der Waals surface area contributed by atoms with Crippen LogP contribution < -0.4 is 20.1 Å². The van der Waals surface area contributed by atoms with Crippen molar-refractivity contribution in [3.05, 3.63) is 90.0 Å². The number of ether oxygens (including phenoxy) is 2. The van der Waals surface area contributed by atoms with Gasteiger partial charge in [0.2, 0.25) is 5.91 Å². The van der Waals surface area contributed by atoms with E-state index in [9.17, 15) is 9.59 Å². The predicted molar refractivity (Wildman–Crippen MR) is 118 cm³/mol. The molecular formula is C24H22N2O4. The third kappa shape index (κ3) is 5.26. The zero-order chi connectivity index (χ0) is 21.3. The Morgan fingerprint density at radius 2 is 1.50 bits per heavy atom. The van der Waals surface area contributed by atoms with Gasteiger partial charge in [-0.25, -0.2) is 0 Å². The van der Waals surface area contributed by atoms with Gasteiger partial charge in [-0.1, -0.05) is 36.4 Å². The second kappa shape index (κ2) is 9.93. The molecule has 3 aromatic carbocycles. The van der Waals surface area contributed by atoms with Crippen LogP contribution in [0.25, 0.3) is 6.08 Å². The third-order valence-electron chi connectivity index (χ3n) is 4.30. The number of carbonyl (C=O) groups is 2. The van der Waals surface area contributed by atoms with Crippen molar-refractivity contribution in [3.8, 4) is 11.5 Å². The molecule has 0 aliphatic carbocycles. The Hall–Kier alpha value is -4.06. The Morgan fingerprint density at radius 1 is 0.800 bits per heavy atom. The van der Waals surface area contributed by atoms with Crippen molar-refractivity contribution in [3.63, 3.8) is 0 Å². The minimum absolute atomic E-state index is 0.305. The minimum atomic E-state index is -0.357. The average Bonchev–Trinajstić information content (AvgIpc) is 2.78. The largest absolute Gasteiger partial charge is 0.493 e. The highest BCUT2D eigenvalue weighted by Gasteiger charge is 2.12. The van der Waals surface area contributed by atoms with Crippen molar-refractivity contribution in [2.75, 3.05) is 24.9 Å². The molecule has 3 aromatic rings. The van der Waals surface area contributed by atoms with Gasteiger partial charge in [-0.15, -0.1) is 0 Å². The maximum atomic E-state index is 12.6. The highest BCUT2D eigenvalue weighted by atomic mass is 16.5. The van der Waals surface area contributed by atoms with Crippen molar-refractivity contribution >= 4 is 29.3 Å².